The number of benzene rings is 1. The molecule has 0 saturated heterocycles. The van der Waals surface area contributed by atoms with Crippen LogP contribution in [-0.4, -0.2) is 42.4 Å². The van der Waals surface area contributed by atoms with Gasteiger partial charge in [-0.05, 0) is 37.9 Å². The SMILES string of the molecule is CCC(CSC)N(C)CCC(=O)Nc1cccc(C#N)c1. The van der Waals surface area contributed by atoms with Crippen LogP contribution in [0.15, 0.2) is 24.3 Å². The van der Waals surface area contributed by atoms with Gasteiger partial charge < -0.3 is 10.2 Å². The van der Waals surface area contributed by atoms with E-state index in [-0.39, 0.29) is 5.91 Å². The summed E-state index contributed by atoms with van der Waals surface area (Å²) in [6, 6.07) is 9.55. The fraction of sp³-hybridized carbons (Fsp3) is 0.500. The molecule has 0 bridgehead atoms. The minimum atomic E-state index is -0.0176. The molecule has 1 unspecified atom stereocenters. The number of carbonyl (C=O) groups is 1. The van der Waals surface area contributed by atoms with Crippen molar-refractivity contribution in [1.82, 2.24) is 4.90 Å². The molecule has 114 valence electrons. The van der Waals surface area contributed by atoms with Crippen molar-refractivity contribution in [1.29, 1.82) is 5.26 Å². The molecule has 1 aromatic rings. The Hall–Kier alpha value is -1.51. The van der Waals surface area contributed by atoms with Crippen LogP contribution >= 0.6 is 11.8 Å². The van der Waals surface area contributed by atoms with Gasteiger partial charge in [0.25, 0.3) is 0 Å². The third-order valence-electron chi connectivity index (χ3n) is 3.42. The number of nitrogens with one attached hydrogen (secondary N) is 1. The average molecular weight is 305 g/mol. The van der Waals surface area contributed by atoms with Crippen LogP contribution in [0.4, 0.5) is 5.69 Å². The van der Waals surface area contributed by atoms with Crippen molar-refractivity contribution in [3.63, 3.8) is 0 Å². The van der Waals surface area contributed by atoms with Gasteiger partial charge in [0.15, 0.2) is 0 Å². The number of thioether (sulfide) groups is 1. The summed E-state index contributed by atoms with van der Waals surface area (Å²) in [5.74, 6) is 1.06. The zero-order chi connectivity index (χ0) is 15.7. The Balaban J connectivity index is 2.45. The van der Waals surface area contributed by atoms with Gasteiger partial charge in [-0.1, -0.05) is 13.0 Å². The highest BCUT2D eigenvalue weighted by atomic mass is 32.2. The molecule has 5 heteroatoms. The summed E-state index contributed by atoms with van der Waals surface area (Å²) < 4.78 is 0. The van der Waals surface area contributed by atoms with Gasteiger partial charge in [0.05, 0.1) is 11.6 Å². The van der Waals surface area contributed by atoms with E-state index in [4.69, 9.17) is 5.26 Å². The van der Waals surface area contributed by atoms with Crippen molar-refractivity contribution in [3.8, 4) is 6.07 Å². The van der Waals surface area contributed by atoms with E-state index in [0.717, 1.165) is 18.7 Å². The summed E-state index contributed by atoms with van der Waals surface area (Å²) in [7, 11) is 2.06. The Morgan fingerprint density at radius 2 is 2.29 bits per heavy atom. The first-order chi connectivity index (χ1) is 10.1. The summed E-state index contributed by atoms with van der Waals surface area (Å²) in [6.45, 7) is 2.91. The van der Waals surface area contributed by atoms with Gasteiger partial charge in [0.1, 0.15) is 0 Å². The van der Waals surface area contributed by atoms with Crippen LogP contribution < -0.4 is 5.32 Å². The van der Waals surface area contributed by atoms with Gasteiger partial charge in [-0.3, -0.25) is 4.79 Å². The lowest BCUT2D eigenvalue weighted by Crippen LogP contribution is -2.35. The molecule has 0 aliphatic carbocycles. The molecule has 0 fully saturated rings. The highest BCUT2D eigenvalue weighted by Crippen LogP contribution is 2.11. The lowest BCUT2D eigenvalue weighted by Gasteiger charge is -2.26. The quantitative estimate of drug-likeness (QED) is 0.802. The van der Waals surface area contributed by atoms with Crippen LogP contribution in [0, 0.1) is 11.3 Å². The predicted octanol–water partition coefficient (Wildman–Crippen LogP) is 2.96. The number of amides is 1. The normalized spacial score (nSPS) is 12.0. The summed E-state index contributed by atoms with van der Waals surface area (Å²) in [5, 5.41) is 11.7. The average Bonchev–Trinajstić information content (AvgIpc) is 2.50. The maximum Gasteiger partial charge on any atom is 0.225 e. The number of hydrogen-bond acceptors (Lipinski definition) is 4. The molecule has 0 aliphatic rings. The maximum absolute atomic E-state index is 12.0. The number of rotatable bonds is 8. The molecule has 1 aromatic carbocycles. The fourth-order valence-electron chi connectivity index (χ4n) is 2.10. The molecular formula is C16H23N3OS. The van der Waals surface area contributed by atoms with E-state index >= 15 is 0 Å². The van der Waals surface area contributed by atoms with E-state index in [1.165, 1.54) is 0 Å². The molecule has 1 N–H and O–H groups in total. The van der Waals surface area contributed by atoms with Crippen molar-refractivity contribution in [2.75, 3.05) is 30.9 Å². The molecule has 1 rings (SSSR count). The first-order valence-corrected chi connectivity index (χ1v) is 8.49. The van der Waals surface area contributed by atoms with E-state index in [9.17, 15) is 4.79 Å². The van der Waals surface area contributed by atoms with Crippen LogP contribution in [0.25, 0.3) is 0 Å². The highest BCUT2D eigenvalue weighted by molar-refractivity contribution is 7.98. The summed E-state index contributed by atoms with van der Waals surface area (Å²) in [6.07, 6.45) is 3.65. The van der Waals surface area contributed by atoms with Crippen molar-refractivity contribution < 1.29 is 4.79 Å². The van der Waals surface area contributed by atoms with Crippen LogP contribution in [0.3, 0.4) is 0 Å². The monoisotopic (exact) mass is 305 g/mol. The minimum absolute atomic E-state index is 0.0176. The zero-order valence-corrected chi connectivity index (χ0v) is 13.7. The molecule has 21 heavy (non-hydrogen) atoms. The van der Waals surface area contributed by atoms with Gasteiger partial charge >= 0.3 is 0 Å². The van der Waals surface area contributed by atoms with E-state index in [2.05, 4.69) is 36.5 Å². The third kappa shape index (κ3) is 6.19. The van der Waals surface area contributed by atoms with Crippen molar-refractivity contribution in [3.05, 3.63) is 29.8 Å². The van der Waals surface area contributed by atoms with Crippen molar-refractivity contribution in [2.45, 2.75) is 25.8 Å². The fourth-order valence-corrected chi connectivity index (χ4v) is 2.97. The molecular weight excluding hydrogens is 282 g/mol. The molecule has 0 spiro atoms. The lowest BCUT2D eigenvalue weighted by atomic mass is 10.2. The Kier molecular flexibility index (Phi) is 7.88. The maximum atomic E-state index is 12.0. The summed E-state index contributed by atoms with van der Waals surface area (Å²) >= 11 is 1.83. The first-order valence-electron chi connectivity index (χ1n) is 7.09. The number of nitrogens with zero attached hydrogens (tertiary/aromatic N) is 2. The topological polar surface area (TPSA) is 56.1 Å². The van der Waals surface area contributed by atoms with Gasteiger partial charge in [-0.2, -0.15) is 17.0 Å². The predicted molar refractivity (Wildman–Crippen MR) is 89.5 cm³/mol. The third-order valence-corrected chi connectivity index (χ3v) is 4.14. The molecule has 0 aliphatic heterocycles. The van der Waals surface area contributed by atoms with Crippen LogP contribution in [-0.2, 0) is 4.79 Å². The molecule has 0 radical (unpaired) electrons. The molecule has 1 amide bonds. The van der Waals surface area contributed by atoms with Crippen LogP contribution in [0.2, 0.25) is 0 Å². The molecule has 1 atom stereocenters. The minimum Gasteiger partial charge on any atom is -0.326 e. The number of carbonyl (C=O) groups excluding carboxylic acids is 1. The molecule has 0 heterocycles. The Morgan fingerprint density at radius 1 is 1.52 bits per heavy atom. The number of hydrogen-bond donors (Lipinski definition) is 1. The van der Waals surface area contributed by atoms with Crippen LogP contribution in [0.5, 0.6) is 0 Å². The standard InChI is InChI=1S/C16H23N3OS/c1-4-15(12-21-3)19(2)9-8-16(20)18-14-7-5-6-13(10-14)11-17/h5-7,10,15H,4,8-9,12H2,1-3H3,(H,18,20). The zero-order valence-electron chi connectivity index (χ0n) is 12.9. The Bertz CT molecular complexity index is 499. The van der Waals surface area contributed by atoms with E-state index < -0.39 is 0 Å². The van der Waals surface area contributed by atoms with E-state index in [0.29, 0.717) is 23.7 Å². The van der Waals surface area contributed by atoms with Gasteiger partial charge in [-0.15, -0.1) is 0 Å². The van der Waals surface area contributed by atoms with Crippen LogP contribution in [0.1, 0.15) is 25.3 Å². The Labute approximate surface area is 131 Å². The largest absolute Gasteiger partial charge is 0.326 e. The Morgan fingerprint density at radius 3 is 2.90 bits per heavy atom. The first kappa shape index (κ1) is 17.5. The van der Waals surface area contributed by atoms with E-state index in [1.807, 2.05) is 11.8 Å². The van der Waals surface area contributed by atoms with Gasteiger partial charge in [0, 0.05) is 30.4 Å². The highest BCUT2D eigenvalue weighted by Gasteiger charge is 2.13. The van der Waals surface area contributed by atoms with Gasteiger partial charge in [0.2, 0.25) is 5.91 Å². The van der Waals surface area contributed by atoms with Crippen molar-refractivity contribution >= 4 is 23.4 Å². The molecule has 0 saturated carbocycles. The second-order valence-electron chi connectivity index (χ2n) is 4.99. The summed E-state index contributed by atoms with van der Waals surface area (Å²) in [5.41, 5.74) is 1.23. The summed E-state index contributed by atoms with van der Waals surface area (Å²) in [4.78, 5) is 14.2. The molecule has 0 aromatic heterocycles. The smallest absolute Gasteiger partial charge is 0.225 e. The second-order valence-corrected chi connectivity index (χ2v) is 5.90. The second kappa shape index (κ2) is 9.43. The lowest BCUT2D eigenvalue weighted by molar-refractivity contribution is -0.116. The van der Waals surface area contributed by atoms with E-state index in [1.54, 1.807) is 24.3 Å². The van der Waals surface area contributed by atoms with Gasteiger partial charge in [-0.25, -0.2) is 0 Å². The molecule has 4 nitrogen and oxygen atoms in total. The number of nitriles is 1. The van der Waals surface area contributed by atoms with Crippen molar-refractivity contribution in [2.24, 2.45) is 0 Å². The number of anilines is 1.